The smallest absolute Gasteiger partial charge is 0.373 e. The summed E-state index contributed by atoms with van der Waals surface area (Å²) in [6.07, 6.45) is 5.74. The number of carbonyl (C=O) groups excluding carboxylic acids is 1. The Morgan fingerprint density at radius 3 is 2.43 bits per heavy atom. The lowest BCUT2D eigenvalue weighted by Gasteiger charge is -2.14. The summed E-state index contributed by atoms with van der Waals surface area (Å²) in [5.74, 6) is 0.136. The summed E-state index contributed by atoms with van der Waals surface area (Å²) in [6, 6.07) is 7.34. The summed E-state index contributed by atoms with van der Waals surface area (Å²) >= 11 is 0. The second-order valence-corrected chi connectivity index (χ2v) is 5.73. The van der Waals surface area contributed by atoms with E-state index in [1.54, 1.807) is 12.1 Å². The molecule has 0 amide bonds. The summed E-state index contributed by atoms with van der Waals surface area (Å²) < 4.78 is 5.59. The molecule has 4 heteroatoms. The minimum atomic E-state index is -0.470. The third kappa shape index (κ3) is 8.14. The number of hydrogen-bond acceptors (Lipinski definition) is 4. The average Bonchev–Trinajstić information content (AvgIpc) is 2.60. The Labute approximate surface area is 140 Å². The first-order chi connectivity index (χ1) is 11.2. The minimum Gasteiger partial charge on any atom is -0.379 e. The Morgan fingerprint density at radius 1 is 1.09 bits per heavy atom. The highest BCUT2D eigenvalue weighted by Gasteiger charge is 2.09. The van der Waals surface area contributed by atoms with Gasteiger partial charge in [0.2, 0.25) is 0 Å². The number of aryl methyl sites for hydroxylation is 1. The first-order valence-corrected chi connectivity index (χ1v) is 8.71. The molecule has 0 fully saturated rings. The zero-order valence-electron chi connectivity index (χ0n) is 14.7. The summed E-state index contributed by atoms with van der Waals surface area (Å²) in [4.78, 5) is 21.5. The maximum absolute atomic E-state index is 11.8. The van der Waals surface area contributed by atoms with Gasteiger partial charge < -0.3 is 4.74 Å². The molecule has 23 heavy (non-hydrogen) atoms. The molecular weight excluding hydrogens is 292 g/mol. The van der Waals surface area contributed by atoms with Gasteiger partial charge in [-0.05, 0) is 36.5 Å². The molecule has 1 atom stereocenters. The molecule has 1 rings (SSSR count). The maximum Gasteiger partial charge on any atom is 0.373 e. The molecule has 0 aliphatic carbocycles. The van der Waals surface area contributed by atoms with Gasteiger partial charge in [0.25, 0.3) is 0 Å². The first-order valence-electron chi connectivity index (χ1n) is 8.71. The number of rotatable bonds is 12. The second kappa shape index (κ2) is 12.1. The van der Waals surface area contributed by atoms with Crippen LogP contribution in [-0.2, 0) is 20.9 Å². The Balaban J connectivity index is 2.12. The normalized spacial score (nSPS) is 12.1. The molecule has 0 bridgehead atoms. The van der Waals surface area contributed by atoms with E-state index < -0.39 is 5.97 Å². The van der Waals surface area contributed by atoms with E-state index in [2.05, 4.69) is 20.8 Å². The third-order valence-corrected chi connectivity index (χ3v) is 3.94. The van der Waals surface area contributed by atoms with Crippen molar-refractivity contribution in [1.29, 1.82) is 0 Å². The molecule has 0 N–H and O–H groups in total. The van der Waals surface area contributed by atoms with E-state index in [1.165, 1.54) is 24.8 Å². The van der Waals surface area contributed by atoms with E-state index in [4.69, 9.17) is 14.5 Å². The van der Waals surface area contributed by atoms with E-state index in [1.807, 2.05) is 12.1 Å². The van der Waals surface area contributed by atoms with E-state index in [9.17, 15) is 4.79 Å². The lowest BCUT2D eigenvalue weighted by Crippen LogP contribution is -2.14. The molecule has 0 saturated carbocycles. The molecule has 0 radical (unpaired) electrons. The van der Waals surface area contributed by atoms with Gasteiger partial charge in [-0.2, -0.15) is 4.89 Å². The lowest BCUT2D eigenvalue weighted by molar-refractivity contribution is -0.247. The van der Waals surface area contributed by atoms with Crippen LogP contribution in [0.4, 0.5) is 0 Å². The zero-order chi connectivity index (χ0) is 16.9. The van der Waals surface area contributed by atoms with Crippen LogP contribution in [0.25, 0.3) is 0 Å². The average molecular weight is 322 g/mol. The Bertz CT molecular complexity index is 428. The molecule has 4 nitrogen and oxygen atoms in total. The maximum atomic E-state index is 11.8. The fourth-order valence-electron chi connectivity index (χ4n) is 2.26. The van der Waals surface area contributed by atoms with Crippen LogP contribution in [0.15, 0.2) is 24.3 Å². The van der Waals surface area contributed by atoms with Crippen molar-refractivity contribution in [1.82, 2.24) is 0 Å². The van der Waals surface area contributed by atoms with E-state index in [0.717, 1.165) is 19.4 Å². The van der Waals surface area contributed by atoms with Crippen LogP contribution < -0.4 is 0 Å². The topological polar surface area (TPSA) is 44.8 Å². The van der Waals surface area contributed by atoms with Crippen molar-refractivity contribution in [2.75, 3.05) is 19.8 Å². The van der Waals surface area contributed by atoms with Crippen molar-refractivity contribution in [3.05, 3.63) is 35.4 Å². The number of hydrogen-bond donors (Lipinski definition) is 0. The van der Waals surface area contributed by atoms with Crippen molar-refractivity contribution in [3.63, 3.8) is 0 Å². The quantitative estimate of drug-likeness (QED) is 0.321. The largest absolute Gasteiger partial charge is 0.379 e. The lowest BCUT2D eigenvalue weighted by atomic mass is 10.0. The molecule has 1 aromatic rings. The Morgan fingerprint density at radius 2 is 1.83 bits per heavy atom. The van der Waals surface area contributed by atoms with Gasteiger partial charge in [-0.25, -0.2) is 4.79 Å². The fourth-order valence-corrected chi connectivity index (χ4v) is 2.26. The molecule has 0 saturated heterocycles. The fraction of sp³-hybridized carbons (Fsp3) is 0.632. The standard InChI is InChI=1S/C19H30O4/c1-4-7-8-17(6-3)15-21-13-14-22-23-19(20)18-11-9-16(5-2)10-12-18/h9-12,17H,4-8,13-15H2,1-3H3. The van der Waals surface area contributed by atoms with Crippen molar-refractivity contribution in [3.8, 4) is 0 Å². The number of carbonyl (C=O) groups is 1. The predicted octanol–water partition coefficient (Wildman–Crippen LogP) is 4.57. The highest BCUT2D eigenvalue weighted by molar-refractivity contribution is 5.88. The van der Waals surface area contributed by atoms with Gasteiger partial charge in [0.15, 0.2) is 0 Å². The molecule has 0 aromatic heterocycles. The van der Waals surface area contributed by atoms with Gasteiger partial charge >= 0.3 is 5.97 Å². The van der Waals surface area contributed by atoms with E-state index in [0.29, 0.717) is 18.1 Å². The summed E-state index contributed by atoms with van der Waals surface area (Å²) in [7, 11) is 0. The van der Waals surface area contributed by atoms with Crippen molar-refractivity contribution < 1.29 is 19.3 Å². The second-order valence-electron chi connectivity index (χ2n) is 5.73. The van der Waals surface area contributed by atoms with Crippen LogP contribution in [0, 0.1) is 5.92 Å². The van der Waals surface area contributed by atoms with Gasteiger partial charge in [-0.1, -0.05) is 52.2 Å². The van der Waals surface area contributed by atoms with Crippen molar-refractivity contribution in [2.45, 2.75) is 52.9 Å². The molecule has 0 aliphatic rings. The molecule has 0 spiro atoms. The van der Waals surface area contributed by atoms with Crippen LogP contribution in [0.3, 0.4) is 0 Å². The number of unbranched alkanes of at least 4 members (excludes halogenated alkanes) is 1. The zero-order valence-corrected chi connectivity index (χ0v) is 14.7. The first kappa shape index (κ1) is 19.7. The van der Waals surface area contributed by atoms with E-state index >= 15 is 0 Å². The summed E-state index contributed by atoms with van der Waals surface area (Å²) in [5.41, 5.74) is 1.68. The van der Waals surface area contributed by atoms with Gasteiger partial charge in [-0.3, -0.25) is 4.89 Å². The van der Waals surface area contributed by atoms with Crippen LogP contribution in [0.5, 0.6) is 0 Å². The van der Waals surface area contributed by atoms with Crippen LogP contribution in [-0.4, -0.2) is 25.8 Å². The molecule has 1 aromatic carbocycles. The summed E-state index contributed by atoms with van der Waals surface area (Å²) in [6.45, 7) is 7.89. The number of ether oxygens (including phenoxy) is 1. The van der Waals surface area contributed by atoms with Gasteiger partial charge in [0, 0.05) is 6.61 Å². The monoisotopic (exact) mass is 322 g/mol. The van der Waals surface area contributed by atoms with E-state index in [-0.39, 0.29) is 6.61 Å². The van der Waals surface area contributed by atoms with Gasteiger partial charge in [0.1, 0.15) is 6.61 Å². The van der Waals surface area contributed by atoms with Crippen LogP contribution in [0.2, 0.25) is 0 Å². The summed E-state index contributed by atoms with van der Waals surface area (Å²) in [5, 5.41) is 0. The molecule has 0 aliphatic heterocycles. The van der Waals surface area contributed by atoms with Gasteiger partial charge in [0.05, 0.1) is 12.2 Å². The highest BCUT2D eigenvalue weighted by Crippen LogP contribution is 2.12. The van der Waals surface area contributed by atoms with Gasteiger partial charge in [-0.15, -0.1) is 0 Å². The molecule has 1 unspecified atom stereocenters. The minimum absolute atomic E-state index is 0.253. The molecular formula is C19H30O4. The predicted molar refractivity (Wildman–Crippen MR) is 91.3 cm³/mol. The Hall–Kier alpha value is -1.39. The van der Waals surface area contributed by atoms with Crippen molar-refractivity contribution >= 4 is 5.97 Å². The van der Waals surface area contributed by atoms with Crippen LogP contribution in [0.1, 0.15) is 62.4 Å². The van der Waals surface area contributed by atoms with Crippen LogP contribution >= 0.6 is 0 Å². The molecule has 130 valence electrons. The third-order valence-electron chi connectivity index (χ3n) is 3.94. The Kier molecular flexibility index (Phi) is 10.3. The highest BCUT2D eigenvalue weighted by atomic mass is 17.2. The SMILES string of the molecule is CCCCC(CC)COCCOOC(=O)c1ccc(CC)cc1. The number of benzene rings is 1. The molecule has 0 heterocycles. The van der Waals surface area contributed by atoms with Crippen molar-refractivity contribution in [2.24, 2.45) is 5.92 Å².